The molecule has 1 heterocycles. The van der Waals surface area contributed by atoms with Crippen LogP contribution in [0.5, 0.6) is 0 Å². The van der Waals surface area contributed by atoms with Crippen molar-refractivity contribution < 1.29 is 0 Å². The first-order chi connectivity index (χ1) is 10.2. The number of rotatable bonds is 3. The maximum Gasteiger partial charge on any atom is 0.0641 e. The smallest absolute Gasteiger partial charge is 0.0641 e. The van der Waals surface area contributed by atoms with Crippen molar-refractivity contribution in [3.63, 3.8) is 0 Å². The molecule has 3 aromatic rings. The van der Waals surface area contributed by atoms with Gasteiger partial charge in [-0.15, -0.1) is 0 Å². The Hall–Kier alpha value is -2.32. The van der Waals surface area contributed by atoms with Crippen molar-refractivity contribution in [3.05, 3.63) is 83.1 Å². The molecule has 0 saturated carbocycles. The lowest BCUT2D eigenvalue weighted by atomic mass is 10.3. The number of benzene rings is 2. The molecular weight excluding hydrogens is 280 g/mol. The van der Waals surface area contributed by atoms with Crippen LogP contribution in [0.3, 0.4) is 0 Å². The van der Waals surface area contributed by atoms with E-state index in [1.807, 2.05) is 48.7 Å². The predicted molar refractivity (Wildman–Crippen MR) is 89.2 cm³/mol. The number of halogens is 1. The van der Waals surface area contributed by atoms with Crippen LogP contribution in [0.25, 0.3) is 5.69 Å². The van der Waals surface area contributed by atoms with E-state index in [-0.39, 0.29) is 0 Å². The van der Waals surface area contributed by atoms with E-state index in [1.165, 1.54) is 5.69 Å². The van der Waals surface area contributed by atoms with Crippen LogP contribution in [-0.2, 0) is 0 Å². The molecule has 0 radical (unpaired) electrons. The molecule has 0 aliphatic carbocycles. The van der Waals surface area contributed by atoms with Gasteiger partial charge in [0.2, 0.25) is 0 Å². The molecule has 0 saturated heterocycles. The quantitative estimate of drug-likeness (QED) is 0.592. The van der Waals surface area contributed by atoms with Crippen LogP contribution >= 0.6 is 11.6 Å². The summed E-state index contributed by atoms with van der Waals surface area (Å²) in [6, 6.07) is 21.9. The largest absolute Gasteiger partial charge is 0.313 e. The van der Waals surface area contributed by atoms with Crippen molar-refractivity contribution in [1.29, 1.82) is 0 Å². The Balaban J connectivity index is 1.95. The van der Waals surface area contributed by atoms with Gasteiger partial charge in [0.1, 0.15) is 0 Å². The molecule has 104 valence electrons. The van der Waals surface area contributed by atoms with Crippen LogP contribution in [-0.4, -0.2) is 10.8 Å². The van der Waals surface area contributed by atoms with E-state index < -0.39 is 0 Å². The van der Waals surface area contributed by atoms with Crippen LogP contribution in [0.15, 0.2) is 71.7 Å². The first kappa shape index (κ1) is 13.7. The minimum Gasteiger partial charge on any atom is -0.313 e. The molecule has 0 amide bonds. The minimum absolute atomic E-state index is 0.720. The van der Waals surface area contributed by atoms with E-state index in [1.54, 1.807) is 0 Å². The molecule has 0 N–H and O–H groups in total. The fourth-order valence-electron chi connectivity index (χ4n) is 2.26. The third-order valence-corrected chi connectivity index (χ3v) is 3.55. The van der Waals surface area contributed by atoms with Gasteiger partial charge in [-0.3, -0.25) is 4.99 Å². The lowest BCUT2D eigenvalue weighted by Gasteiger charge is -2.08. The monoisotopic (exact) mass is 294 g/mol. The van der Waals surface area contributed by atoms with Gasteiger partial charge in [0, 0.05) is 16.4 Å². The zero-order chi connectivity index (χ0) is 14.7. The second-order valence-corrected chi connectivity index (χ2v) is 5.24. The Morgan fingerprint density at radius 1 is 0.905 bits per heavy atom. The molecule has 0 unspecified atom stereocenters. The van der Waals surface area contributed by atoms with Crippen molar-refractivity contribution in [2.45, 2.75) is 6.92 Å². The summed E-state index contributed by atoms with van der Waals surface area (Å²) in [4.78, 5) is 4.51. The van der Waals surface area contributed by atoms with Crippen LogP contribution in [0, 0.1) is 6.92 Å². The standard InChI is InChI=1S/C18H15ClN2/c1-14-7-12-18(21(14)17-5-3-2-4-6-17)13-20-16-10-8-15(19)9-11-16/h2-13H,1H3. The highest BCUT2D eigenvalue weighted by molar-refractivity contribution is 6.30. The number of aromatic nitrogens is 1. The molecule has 0 aliphatic heterocycles. The minimum atomic E-state index is 0.720. The predicted octanol–water partition coefficient (Wildman–Crippen LogP) is 5.19. The molecule has 1 aromatic heterocycles. The molecule has 0 bridgehead atoms. The van der Waals surface area contributed by atoms with E-state index in [2.05, 4.69) is 40.7 Å². The van der Waals surface area contributed by atoms with E-state index in [9.17, 15) is 0 Å². The lowest BCUT2D eigenvalue weighted by molar-refractivity contribution is 1.01. The summed E-state index contributed by atoms with van der Waals surface area (Å²) >= 11 is 5.88. The van der Waals surface area contributed by atoms with Crippen molar-refractivity contribution in [3.8, 4) is 5.69 Å². The van der Waals surface area contributed by atoms with Crippen LogP contribution in [0.4, 0.5) is 5.69 Å². The highest BCUT2D eigenvalue weighted by Crippen LogP contribution is 2.18. The Morgan fingerprint density at radius 2 is 1.62 bits per heavy atom. The summed E-state index contributed by atoms with van der Waals surface area (Å²) in [7, 11) is 0. The lowest BCUT2D eigenvalue weighted by Crippen LogP contribution is -2.00. The molecule has 3 rings (SSSR count). The normalized spacial score (nSPS) is 11.1. The van der Waals surface area contributed by atoms with Gasteiger partial charge in [0.25, 0.3) is 0 Å². The van der Waals surface area contributed by atoms with Crippen molar-refractivity contribution in [1.82, 2.24) is 4.57 Å². The van der Waals surface area contributed by atoms with Gasteiger partial charge in [-0.1, -0.05) is 29.8 Å². The summed E-state index contributed by atoms with van der Waals surface area (Å²) in [5.41, 5.74) is 4.25. The van der Waals surface area contributed by atoms with E-state index in [4.69, 9.17) is 11.6 Å². The molecule has 21 heavy (non-hydrogen) atoms. The van der Waals surface area contributed by atoms with Gasteiger partial charge in [0.15, 0.2) is 0 Å². The summed E-state index contributed by atoms with van der Waals surface area (Å²) in [5, 5.41) is 0.720. The van der Waals surface area contributed by atoms with E-state index >= 15 is 0 Å². The fourth-order valence-corrected chi connectivity index (χ4v) is 2.38. The Morgan fingerprint density at radius 3 is 2.33 bits per heavy atom. The van der Waals surface area contributed by atoms with Gasteiger partial charge in [-0.25, -0.2) is 0 Å². The zero-order valence-corrected chi connectivity index (χ0v) is 12.5. The Labute approximate surface area is 129 Å². The second kappa shape index (κ2) is 5.98. The summed E-state index contributed by atoms with van der Waals surface area (Å²) in [6.45, 7) is 2.09. The van der Waals surface area contributed by atoms with Gasteiger partial charge in [-0.05, 0) is 55.5 Å². The maximum absolute atomic E-state index is 5.88. The van der Waals surface area contributed by atoms with Gasteiger partial charge < -0.3 is 4.57 Å². The molecule has 0 fully saturated rings. The molecule has 0 spiro atoms. The zero-order valence-electron chi connectivity index (χ0n) is 11.7. The van der Waals surface area contributed by atoms with Crippen molar-refractivity contribution in [2.24, 2.45) is 4.99 Å². The summed E-state index contributed by atoms with van der Waals surface area (Å²) in [6.07, 6.45) is 1.88. The average molecular weight is 295 g/mol. The number of hydrogen-bond donors (Lipinski definition) is 0. The molecule has 2 nitrogen and oxygen atoms in total. The van der Waals surface area contributed by atoms with Crippen molar-refractivity contribution in [2.75, 3.05) is 0 Å². The topological polar surface area (TPSA) is 17.3 Å². The third-order valence-electron chi connectivity index (χ3n) is 3.29. The third kappa shape index (κ3) is 3.06. The molecular formula is C18H15ClN2. The average Bonchev–Trinajstić information content (AvgIpc) is 2.88. The Bertz CT molecular complexity index is 756. The number of aliphatic imine (C=N–C) groups is 1. The van der Waals surface area contributed by atoms with Crippen LogP contribution < -0.4 is 0 Å². The highest BCUT2D eigenvalue weighted by atomic mass is 35.5. The van der Waals surface area contributed by atoms with Gasteiger partial charge >= 0.3 is 0 Å². The number of nitrogens with zero attached hydrogens (tertiary/aromatic N) is 2. The summed E-state index contributed by atoms with van der Waals surface area (Å²) in [5.74, 6) is 0. The SMILES string of the molecule is Cc1ccc(C=Nc2ccc(Cl)cc2)n1-c1ccccc1. The molecule has 3 heteroatoms. The van der Waals surface area contributed by atoms with Crippen LogP contribution in [0.2, 0.25) is 5.02 Å². The van der Waals surface area contributed by atoms with E-state index in [0.29, 0.717) is 0 Å². The van der Waals surface area contributed by atoms with Crippen molar-refractivity contribution >= 4 is 23.5 Å². The molecule has 2 aromatic carbocycles. The first-order valence-electron chi connectivity index (χ1n) is 6.77. The molecule has 0 atom stereocenters. The number of aryl methyl sites for hydroxylation is 1. The maximum atomic E-state index is 5.88. The van der Waals surface area contributed by atoms with Gasteiger partial charge in [-0.2, -0.15) is 0 Å². The second-order valence-electron chi connectivity index (χ2n) is 4.81. The number of para-hydroxylation sites is 1. The summed E-state index contributed by atoms with van der Waals surface area (Å²) < 4.78 is 2.18. The van der Waals surface area contributed by atoms with E-state index in [0.717, 1.165) is 22.1 Å². The van der Waals surface area contributed by atoms with Crippen LogP contribution in [0.1, 0.15) is 11.4 Å². The van der Waals surface area contributed by atoms with Gasteiger partial charge in [0.05, 0.1) is 17.6 Å². The fraction of sp³-hybridized carbons (Fsp3) is 0.0556. The Kier molecular flexibility index (Phi) is 3.89. The molecule has 0 aliphatic rings. The highest BCUT2D eigenvalue weighted by Gasteiger charge is 2.04. The number of hydrogen-bond acceptors (Lipinski definition) is 1. The first-order valence-corrected chi connectivity index (χ1v) is 7.15.